The molecular formula is C24H20N2O4. The number of para-hydroxylation sites is 4. The molecule has 0 aromatic heterocycles. The van der Waals surface area contributed by atoms with E-state index >= 15 is 0 Å². The molecule has 2 aliphatic rings. The maximum Gasteiger partial charge on any atom is 0.262 e. The molecule has 2 aliphatic heterocycles. The normalized spacial score (nSPS) is 17.0. The first-order chi connectivity index (χ1) is 14.7. The van der Waals surface area contributed by atoms with Crippen molar-refractivity contribution in [1.82, 2.24) is 5.32 Å². The van der Waals surface area contributed by atoms with Gasteiger partial charge in [-0.2, -0.15) is 0 Å². The van der Waals surface area contributed by atoms with Crippen molar-refractivity contribution >= 4 is 17.5 Å². The minimum Gasteiger partial charge on any atom is -0.477 e. The number of ether oxygens (including phenoxy) is 2. The summed E-state index contributed by atoms with van der Waals surface area (Å²) >= 11 is 0. The molecule has 150 valence electrons. The van der Waals surface area contributed by atoms with E-state index in [0.29, 0.717) is 22.9 Å². The average Bonchev–Trinajstić information content (AvgIpc) is 2.80. The maximum atomic E-state index is 14.0. The molecule has 30 heavy (non-hydrogen) atoms. The molecule has 1 unspecified atom stereocenters. The van der Waals surface area contributed by atoms with Crippen LogP contribution in [0.4, 0.5) is 5.69 Å². The summed E-state index contributed by atoms with van der Waals surface area (Å²) in [6, 6.07) is 22.4. The second kappa shape index (κ2) is 7.22. The van der Waals surface area contributed by atoms with E-state index in [-0.39, 0.29) is 18.4 Å². The second-order valence-electron chi connectivity index (χ2n) is 7.25. The second-order valence-corrected chi connectivity index (χ2v) is 7.25. The van der Waals surface area contributed by atoms with Gasteiger partial charge in [-0.3, -0.25) is 9.59 Å². The molecule has 0 saturated carbocycles. The lowest BCUT2D eigenvalue weighted by Crippen LogP contribution is -2.51. The van der Waals surface area contributed by atoms with Gasteiger partial charge >= 0.3 is 0 Å². The van der Waals surface area contributed by atoms with Crippen LogP contribution in [0.3, 0.4) is 0 Å². The van der Waals surface area contributed by atoms with Crippen LogP contribution in [0, 0.1) is 0 Å². The van der Waals surface area contributed by atoms with Crippen molar-refractivity contribution in [3.05, 3.63) is 83.9 Å². The van der Waals surface area contributed by atoms with Gasteiger partial charge in [0.05, 0.1) is 18.2 Å². The molecule has 0 bridgehead atoms. The van der Waals surface area contributed by atoms with Gasteiger partial charge in [0.2, 0.25) is 5.91 Å². The Morgan fingerprint density at radius 3 is 2.07 bits per heavy atom. The monoisotopic (exact) mass is 400 g/mol. The molecule has 2 amide bonds. The quantitative estimate of drug-likeness (QED) is 0.715. The van der Waals surface area contributed by atoms with Gasteiger partial charge in [0.25, 0.3) is 5.91 Å². The van der Waals surface area contributed by atoms with Crippen molar-refractivity contribution in [2.45, 2.75) is 12.0 Å². The predicted octanol–water partition coefficient (Wildman–Crippen LogP) is 3.46. The molecular weight excluding hydrogens is 380 g/mol. The van der Waals surface area contributed by atoms with Gasteiger partial charge in [-0.15, -0.1) is 0 Å². The summed E-state index contributed by atoms with van der Waals surface area (Å²) < 4.78 is 11.9. The number of fused-ring (bicyclic) bond motifs is 3. The van der Waals surface area contributed by atoms with E-state index < -0.39 is 12.0 Å². The predicted molar refractivity (Wildman–Crippen MR) is 112 cm³/mol. The van der Waals surface area contributed by atoms with Crippen LogP contribution < -0.4 is 19.7 Å². The molecule has 0 spiro atoms. The smallest absolute Gasteiger partial charge is 0.262 e. The van der Waals surface area contributed by atoms with E-state index in [0.717, 1.165) is 11.1 Å². The largest absolute Gasteiger partial charge is 0.477 e. The fourth-order valence-corrected chi connectivity index (χ4v) is 4.07. The third-order valence-corrected chi connectivity index (χ3v) is 5.51. The van der Waals surface area contributed by atoms with E-state index in [2.05, 4.69) is 5.32 Å². The molecule has 2 heterocycles. The topological polar surface area (TPSA) is 67.9 Å². The highest BCUT2D eigenvalue weighted by atomic mass is 16.5. The lowest BCUT2D eigenvalue weighted by atomic mass is 9.86. The first-order valence-corrected chi connectivity index (χ1v) is 9.81. The van der Waals surface area contributed by atoms with Crippen LogP contribution in [0.25, 0.3) is 0 Å². The minimum atomic E-state index is -0.779. The zero-order valence-corrected chi connectivity index (χ0v) is 16.4. The lowest BCUT2D eigenvalue weighted by Gasteiger charge is -2.37. The van der Waals surface area contributed by atoms with Gasteiger partial charge in [0.1, 0.15) is 17.2 Å². The highest BCUT2D eigenvalue weighted by molar-refractivity contribution is 6.03. The summed E-state index contributed by atoms with van der Waals surface area (Å²) in [6.45, 7) is 0.136. The molecule has 5 rings (SSSR count). The Labute approximate surface area is 174 Å². The van der Waals surface area contributed by atoms with E-state index in [1.54, 1.807) is 18.0 Å². The third-order valence-electron chi connectivity index (χ3n) is 5.51. The zero-order valence-electron chi connectivity index (χ0n) is 16.4. The van der Waals surface area contributed by atoms with E-state index in [9.17, 15) is 9.59 Å². The molecule has 1 N–H and O–H groups in total. The number of benzene rings is 3. The average molecular weight is 400 g/mol. The van der Waals surface area contributed by atoms with Gasteiger partial charge in [-0.05, 0) is 24.3 Å². The highest BCUT2D eigenvalue weighted by Crippen LogP contribution is 2.46. The Morgan fingerprint density at radius 2 is 1.43 bits per heavy atom. The van der Waals surface area contributed by atoms with Gasteiger partial charge in [0.15, 0.2) is 6.10 Å². The summed E-state index contributed by atoms with van der Waals surface area (Å²) in [5.41, 5.74) is 2.27. The third kappa shape index (κ3) is 2.88. The summed E-state index contributed by atoms with van der Waals surface area (Å²) in [6.07, 6.45) is -0.779. The van der Waals surface area contributed by atoms with Crippen molar-refractivity contribution < 1.29 is 19.1 Å². The first kappa shape index (κ1) is 18.2. The molecule has 1 atom stereocenters. The van der Waals surface area contributed by atoms with Crippen LogP contribution in [-0.4, -0.2) is 31.5 Å². The maximum absolute atomic E-state index is 14.0. The van der Waals surface area contributed by atoms with Crippen LogP contribution in [-0.2, 0) is 9.59 Å². The molecule has 0 aliphatic carbocycles. The molecule has 0 radical (unpaired) electrons. The van der Waals surface area contributed by atoms with E-state index in [1.165, 1.54) is 0 Å². The number of hydrogen-bond acceptors (Lipinski definition) is 4. The Hall–Kier alpha value is -3.80. The SMILES string of the molecule is CNC(=O)C1CN(C(=O)C2c3ccccc3Oc3ccccc32)c2ccccc2O1. The fraction of sp³-hybridized carbons (Fsp3) is 0.167. The van der Waals surface area contributed by atoms with E-state index in [1.807, 2.05) is 66.7 Å². The molecule has 3 aromatic carbocycles. The Morgan fingerprint density at radius 1 is 0.867 bits per heavy atom. The number of nitrogens with one attached hydrogen (secondary N) is 1. The zero-order chi connectivity index (χ0) is 20.7. The number of likely N-dealkylation sites (N-methyl/N-ethyl adjacent to an activating group) is 1. The van der Waals surface area contributed by atoms with Gasteiger partial charge in [0, 0.05) is 18.2 Å². The number of nitrogens with zero attached hydrogens (tertiary/aromatic N) is 1. The van der Waals surface area contributed by atoms with Crippen molar-refractivity contribution in [3.63, 3.8) is 0 Å². The lowest BCUT2D eigenvalue weighted by molar-refractivity contribution is -0.128. The summed E-state index contributed by atoms with van der Waals surface area (Å²) in [5, 5.41) is 2.61. The van der Waals surface area contributed by atoms with Crippen molar-refractivity contribution in [1.29, 1.82) is 0 Å². The fourth-order valence-electron chi connectivity index (χ4n) is 4.07. The summed E-state index contributed by atoms with van der Waals surface area (Å²) in [7, 11) is 1.56. The van der Waals surface area contributed by atoms with Crippen molar-refractivity contribution in [2.24, 2.45) is 0 Å². The highest BCUT2D eigenvalue weighted by Gasteiger charge is 2.40. The van der Waals surface area contributed by atoms with Gasteiger partial charge < -0.3 is 19.7 Å². The standard InChI is InChI=1S/C24H20N2O4/c1-25-23(27)21-14-26(17-10-4-7-13-20(17)30-21)24(28)22-15-8-2-5-11-18(15)29-19-12-6-3-9-16(19)22/h2-13,21-22H,14H2,1H3,(H,25,27). The number of carbonyl (C=O) groups is 2. The van der Waals surface area contributed by atoms with Crippen LogP contribution in [0.2, 0.25) is 0 Å². The van der Waals surface area contributed by atoms with Crippen LogP contribution in [0.1, 0.15) is 17.0 Å². The van der Waals surface area contributed by atoms with E-state index in [4.69, 9.17) is 9.47 Å². The number of anilines is 1. The van der Waals surface area contributed by atoms with Crippen LogP contribution in [0.15, 0.2) is 72.8 Å². The summed E-state index contributed by atoms with van der Waals surface area (Å²) in [4.78, 5) is 28.0. The minimum absolute atomic E-state index is 0.122. The Balaban J connectivity index is 1.62. The van der Waals surface area contributed by atoms with Crippen LogP contribution in [0.5, 0.6) is 17.2 Å². The van der Waals surface area contributed by atoms with Crippen molar-refractivity contribution in [2.75, 3.05) is 18.5 Å². The molecule has 6 heteroatoms. The molecule has 0 saturated heterocycles. The number of hydrogen-bond donors (Lipinski definition) is 1. The number of rotatable bonds is 2. The number of carbonyl (C=O) groups excluding carboxylic acids is 2. The van der Waals surface area contributed by atoms with Gasteiger partial charge in [-0.25, -0.2) is 0 Å². The Bertz CT molecular complexity index is 1100. The van der Waals surface area contributed by atoms with Gasteiger partial charge in [-0.1, -0.05) is 48.5 Å². The molecule has 3 aromatic rings. The number of amides is 2. The first-order valence-electron chi connectivity index (χ1n) is 9.81. The van der Waals surface area contributed by atoms with Crippen molar-refractivity contribution in [3.8, 4) is 17.2 Å². The summed E-state index contributed by atoms with van der Waals surface area (Å²) in [5.74, 6) is 0.915. The van der Waals surface area contributed by atoms with Crippen LogP contribution >= 0.6 is 0 Å². The molecule has 6 nitrogen and oxygen atoms in total. The Kier molecular flexibility index (Phi) is 4.39. The molecule has 0 fully saturated rings.